The minimum absolute atomic E-state index is 0.0614. The van der Waals surface area contributed by atoms with E-state index in [2.05, 4.69) is 20.4 Å². The summed E-state index contributed by atoms with van der Waals surface area (Å²) in [6.45, 7) is 0. The fraction of sp³-hybridized carbons (Fsp3) is 0.111. The van der Waals surface area contributed by atoms with Gasteiger partial charge in [0, 0.05) is 37.0 Å². The van der Waals surface area contributed by atoms with Gasteiger partial charge in [0.25, 0.3) is 0 Å². The molecule has 0 aliphatic rings. The van der Waals surface area contributed by atoms with Gasteiger partial charge in [-0.15, -0.1) is 5.10 Å². The highest BCUT2D eigenvalue weighted by molar-refractivity contribution is 5.83. The zero-order valence-electron chi connectivity index (χ0n) is 18.9. The molecule has 0 spiro atoms. The van der Waals surface area contributed by atoms with E-state index in [0.717, 1.165) is 28.3 Å². The number of pyridine rings is 2. The van der Waals surface area contributed by atoms with Crippen LogP contribution < -0.4 is 5.32 Å². The molecule has 0 fully saturated rings. The molecule has 3 aromatic heterocycles. The number of fused-ring (bicyclic) bond motifs is 1. The standard InChI is InChI=1S/C27H20F3N5O/c28-27(29,30)23-5-1-2-6-24(23)32-26-33-25-12-11-21(17-35(25)34-26)20-9-7-18(8-10-20)14-22(36)15-19-4-3-13-31-16-19/h1-13,16-17H,14-15H2,(H,32,34). The van der Waals surface area contributed by atoms with Gasteiger partial charge in [0.2, 0.25) is 5.95 Å². The van der Waals surface area contributed by atoms with E-state index in [1.54, 1.807) is 24.7 Å². The number of nitrogens with one attached hydrogen (secondary N) is 1. The Morgan fingerprint density at radius 3 is 2.36 bits per heavy atom. The summed E-state index contributed by atoms with van der Waals surface area (Å²) < 4.78 is 41.4. The van der Waals surface area contributed by atoms with Gasteiger partial charge in [-0.3, -0.25) is 9.78 Å². The highest BCUT2D eigenvalue weighted by Crippen LogP contribution is 2.35. The number of alkyl halides is 3. The van der Waals surface area contributed by atoms with Crippen molar-refractivity contribution in [1.29, 1.82) is 0 Å². The largest absolute Gasteiger partial charge is 0.418 e. The summed E-state index contributed by atoms with van der Waals surface area (Å²) in [4.78, 5) is 20.7. The van der Waals surface area contributed by atoms with Crippen LogP contribution in [0.4, 0.5) is 24.8 Å². The number of aromatic nitrogens is 4. The number of carbonyl (C=O) groups is 1. The zero-order chi connectivity index (χ0) is 25.1. The Labute approximate surface area is 204 Å². The number of anilines is 2. The summed E-state index contributed by atoms with van der Waals surface area (Å²) in [7, 11) is 0. The highest BCUT2D eigenvalue weighted by Gasteiger charge is 2.33. The number of para-hydroxylation sites is 1. The third kappa shape index (κ3) is 5.25. The van der Waals surface area contributed by atoms with Crippen LogP contribution in [0.3, 0.4) is 0 Å². The zero-order valence-corrected chi connectivity index (χ0v) is 18.9. The molecule has 0 saturated heterocycles. The molecule has 3 heterocycles. The molecule has 0 bridgehead atoms. The minimum atomic E-state index is -4.49. The Bertz CT molecular complexity index is 1510. The average molecular weight is 487 g/mol. The highest BCUT2D eigenvalue weighted by atomic mass is 19.4. The molecule has 0 atom stereocenters. The van der Waals surface area contributed by atoms with Gasteiger partial charge in [0.05, 0.1) is 11.3 Å². The van der Waals surface area contributed by atoms with Crippen LogP contribution in [0, 0.1) is 0 Å². The van der Waals surface area contributed by atoms with Crippen molar-refractivity contribution >= 4 is 23.1 Å². The number of hydrogen-bond acceptors (Lipinski definition) is 5. The Hall–Kier alpha value is -4.53. The predicted octanol–water partition coefficient (Wildman–Crippen LogP) is 5.91. The van der Waals surface area contributed by atoms with E-state index in [9.17, 15) is 18.0 Å². The molecule has 0 radical (unpaired) electrons. The Kier molecular flexibility index (Phi) is 6.20. The third-order valence-electron chi connectivity index (χ3n) is 5.62. The summed E-state index contributed by atoms with van der Waals surface area (Å²) in [6, 6.07) is 20.1. The molecule has 1 N–H and O–H groups in total. The molecule has 180 valence electrons. The number of hydrogen-bond donors (Lipinski definition) is 1. The average Bonchev–Trinajstić information content (AvgIpc) is 3.26. The number of nitrogens with zero attached hydrogens (tertiary/aromatic N) is 4. The van der Waals surface area contributed by atoms with Crippen molar-refractivity contribution in [1.82, 2.24) is 19.6 Å². The predicted molar refractivity (Wildman–Crippen MR) is 130 cm³/mol. The minimum Gasteiger partial charge on any atom is -0.322 e. The van der Waals surface area contributed by atoms with E-state index in [0.29, 0.717) is 18.5 Å². The Morgan fingerprint density at radius 1 is 0.861 bits per heavy atom. The maximum absolute atomic E-state index is 13.3. The lowest BCUT2D eigenvalue weighted by Crippen LogP contribution is -2.09. The van der Waals surface area contributed by atoms with E-state index in [1.165, 1.54) is 22.7 Å². The summed E-state index contributed by atoms with van der Waals surface area (Å²) in [5, 5.41) is 6.96. The van der Waals surface area contributed by atoms with Crippen molar-refractivity contribution in [3.8, 4) is 11.1 Å². The number of carbonyl (C=O) groups excluding carboxylic acids is 1. The monoisotopic (exact) mass is 487 g/mol. The van der Waals surface area contributed by atoms with Crippen molar-refractivity contribution in [3.63, 3.8) is 0 Å². The van der Waals surface area contributed by atoms with Crippen molar-refractivity contribution in [2.45, 2.75) is 19.0 Å². The molecule has 5 aromatic rings. The van der Waals surface area contributed by atoms with Crippen molar-refractivity contribution in [2.24, 2.45) is 0 Å². The number of Topliss-reactive ketones (excluding diaryl/α,β-unsaturated/α-hetero) is 1. The number of ketones is 1. The molecule has 6 nitrogen and oxygen atoms in total. The van der Waals surface area contributed by atoms with Gasteiger partial charge in [-0.05, 0) is 47.0 Å². The molecule has 2 aromatic carbocycles. The first-order chi connectivity index (χ1) is 17.3. The second-order valence-corrected chi connectivity index (χ2v) is 8.27. The van der Waals surface area contributed by atoms with Gasteiger partial charge < -0.3 is 5.32 Å². The van der Waals surface area contributed by atoms with Crippen LogP contribution in [0.2, 0.25) is 0 Å². The smallest absolute Gasteiger partial charge is 0.322 e. The molecule has 0 saturated carbocycles. The number of rotatable bonds is 7. The van der Waals surface area contributed by atoms with E-state index >= 15 is 0 Å². The van der Waals surface area contributed by atoms with Crippen molar-refractivity contribution < 1.29 is 18.0 Å². The molecular weight excluding hydrogens is 467 g/mol. The summed E-state index contributed by atoms with van der Waals surface area (Å²) in [5.74, 6) is 0.165. The number of halogens is 3. The van der Waals surface area contributed by atoms with Crippen molar-refractivity contribution in [3.05, 3.63) is 108 Å². The summed E-state index contributed by atoms with van der Waals surface area (Å²) in [5.41, 5.74) is 3.14. The lowest BCUT2D eigenvalue weighted by molar-refractivity contribution is -0.137. The first kappa shape index (κ1) is 23.2. The fourth-order valence-electron chi connectivity index (χ4n) is 3.90. The Morgan fingerprint density at radius 2 is 1.61 bits per heavy atom. The van der Waals surface area contributed by atoms with E-state index < -0.39 is 11.7 Å². The van der Waals surface area contributed by atoms with Gasteiger partial charge in [-0.1, -0.05) is 42.5 Å². The van der Waals surface area contributed by atoms with Crippen LogP contribution in [0.5, 0.6) is 0 Å². The topological polar surface area (TPSA) is 72.2 Å². The molecule has 0 aliphatic heterocycles. The molecule has 36 heavy (non-hydrogen) atoms. The first-order valence-electron chi connectivity index (χ1n) is 11.1. The second kappa shape index (κ2) is 9.61. The van der Waals surface area contributed by atoms with Gasteiger partial charge in [0.1, 0.15) is 5.78 Å². The van der Waals surface area contributed by atoms with Gasteiger partial charge >= 0.3 is 6.18 Å². The van der Waals surface area contributed by atoms with Gasteiger partial charge in [-0.25, -0.2) is 4.52 Å². The van der Waals surface area contributed by atoms with E-state index in [1.807, 2.05) is 42.5 Å². The molecule has 0 amide bonds. The normalized spacial score (nSPS) is 11.5. The SMILES string of the molecule is O=C(Cc1ccc(-c2ccc3nc(Nc4ccccc4C(F)(F)F)nn3c2)cc1)Cc1cccnc1. The Balaban J connectivity index is 1.31. The van der Waals surface area contributed by atoms with Crippen LogP contribution in [0.15, 0.2) is 91.4 Å². The van der Waals surface area contributed by atoms with Crippen LogP contribution in [0.25, 0.3) is 16.8 Å². The maximum atomic E-state index is 13.3. The fourth-order valence-corrected chi connectivity index (χ4v) is 3.90. The van der Waals surface area contributed by atoms with Crippen LogP contribution in [-0.4, -0.2) is 25.4 Å². The summed E-state index contributed by atoms with van der Waals surface area (Å²) >= 11 is 0. The quantitative estimate of drug-likeness (QED) is 0.309. The maximum Gasteiger partial charge on any atom is 0.418 e. The van der Waals surface area contributed by atoms with Crippen LogP contribution in [0.1, 0.15) is 16.7 Å². The molecular formula is C27H20F3N5O. The molecule has 0 unspecified atom stereocenters. The lowest BCUT2D eigenvalue weighted by Gasteiger charge is -2.12. The van der Waals surface area contributed by atoms with E-state index in [4.69, 9.17) is 0 Å². The van der Waals surface area contributed by atoms with E-state index in [-0.39, 0.29) is 17.4 Å². The van der Waals surface area contributed by atoms with Gasteiger partial charge in [-0.2, -0.15) is 18.2 Å². The second-order valence-electron chi connectivity index (χ2n) is 8.27. The van der Waals surface area contributed by atoms with Crippen LogP contribution >= 0.6 is 0 Å². The van der Waals surface area contributed by atoms with Crippen LogP contribution in [-0.2, 0) is 23.8 Å². The first-order valence-corrected chi connectivity index (χ1v) is 11.1. The molecule has 9 heteroatoms. The molecule has 5 rings (SSSR count). The van der Waals surface area contributed by atoms with Crippen molar-refractivity contribution in [2.75, 3.05) is 5.32 Å². The summed E-state index contributed by atoms with van der Waals surface area (Å²) in [6.07, 6.45) is 1.29. The molecule has 0 aliphatic carbocycles. The lowest BCUT2D eigenvalue weighted by atomic mass is 10.0. The third-order valence-corrected chi connectivity index (χ3v) is 5.62. The number of benzene rings is 2. The van der Waals surface area contributed by atoms with Gasteiger partial charge in [0.15, 0.2) is 5.65 Å².